The van der Waals surface area contributed by atoms with Crippen LogP contribution in [0.25, 0.3) is 0 Å². The maximum atomic E-state index is 13.1. The Labute approximate surface area is 154 Å². The monoisotopic (exact) mass is 357 g/mol. The Morgan fingerprint density at radius 3 is 2.42 bits per heavy atom. The van der Waals surface area contributed by atoms with Crippen LogP contribution in [0.5, 0.6) is 0 Å². The second kappa shape index (κ2) is 7.76. The van der Waals surface area contributed by atoms with Gasteiger partial charge in [0.15, 0.2) is 6.10 Å². The minimum absolute atomic E-state index is 0.00118. The summed E-state index contributed by atoms with van der Waals surface area (Å²) in [5, 5.41) is 2.94. The van der Waals surface area contributed by atoms with Gasteiger partial charge in [0.1, 0.15) is 6.61 Å². The topological polar surface area (TPSA) is 61.9 Å². The second-order valence-electron chi connectivity index (χ2n) is 7.49. The fourth-order valence-electron chi connectivity index (χ4n) is 4.42. The highest BCUT2D eigenvalue weighted by Crippen LogP contribution is 2.26. The molecule has 3 heterocycles. The SMILES string of the molecule is O=C1COC(C(=O)N2CCC(N3CCCC3)CC2)C(c2ccccc2)N1. The maximum Gasteiger partial charge on any atom is 0.254 e. The first kappa shape index (κ1) is 17.5. The predicted octanol–water partition coefficient (Wildman–Crippen LogP) is 1.33. The third kappa shape index (κ3) is 3.62. The van der Waals surface area contributed by atoms with Crippen LogP contribution in [-0.4, -0.2) is 66.5 Å². The molecule has 1 aromatic rings. The van der Waals surface area contributed by atoms with E-state index in [0.29, 0.717) is 6.04 Å². The van der Waals surface area contributed by atoms with E-state index in [0.717, 1.165) is 31.5 Å². The zero-order valence-corrected chi connectivity index (χ0v) is 15.1. The predicted molar refractivity (Wildman–Crippen MR) is 97.5 cm³/mol. The molecule has 0 bridgehead atoms. The molecular formula is C20H27N3O3. The molecule has 1 aromatic carbocycles. The van der Waals surface area contributed by atoms with E-state index >= 15 is 0 Å². The third-order valence-electron chi connectivity index (χ3n) is 5.85. The lowest BCUT2D eigenvalue weighted by Gasteiger charge is -2.40. The zero-order chi connectivity index (χ0) is 17.9. The molecule has 3 saturated heterocycles. The van der Waals surface area contributed by atoms with Crippen LogP contribution in [0.1, 0.15) is 37.3 Å². The second-order valence-corrected chi connectivity index (χ2v) is 7.49. The summed E-state index contributed by atoms with van der Waals surface area (Å²) in [5.74, 6) is -0.172. The molecule has 2 amide bonds. The number of hydrogen-bond donors (Lipinski definition) is 1. The van der Waals surface area contributed by atoms with Gasteiger partial charge in [-0.15, -0.1) is 0 Å². The van der Waals surface area contributed by atoms with Crippen molar-refractivity contribution in [3.05, 3.63) is 35.9 Å². The van der Waals surface area contributed by atoms with E-state index in [1.54, 1.807) is 0 Å². The molecule has 26 heavy (non-hydrogen) atoms. The molecular weight excluding hydrogens is 330 g/mol. The first-order chi connectivity index (χ1) is 12.7. The summed E-state index contributed by atoms with van der Waals surface area (Å²) >= 11 is 0. The van der Waals surface area contributed by atoms with Gasteiger partial charge in [0.2, 0.25) is 5.91 Å². The van der Waals surface area contributed by atoms with Crippen molar-refractivity contribution in [3.8, 4) is 0 Å². The molecule has 0 aromatic heterocycles. The van der Waals surface area contributed by atoms with E-state index in [2.05, 4.69) is 10.2 Å². The molecule has 140 valence electrons. The molecule has 6 heteroatoms. The van der Waals surface area contributed by atoms with Gasteiger partial charge >= 0.3 is 0 Å². The number of hydrogen-bond acceptors (Lipinski definition) is 4. The molecule has 2 atom stereocenters. The lowest BCUT2D eigenvalue weighted by atomic mass is 9.97. The minimum Gasteiger partial charge on any atom is -0.356 e. The van der Waals surface area contributed by atoms with Crippen LogP contribution in [0.4, 0.5) is 0 Å². The van der Waals surface area contributed by atoms with E-state index in [1.165, 1.54) is 25.9 Å². The largest absolute Gasteiger partial charge is 0.356 e. The number of piperidine rings is 1. The number of rotatable bonds is 3. The van der Waals surface area contributed by atoms with Crippen molar-refractivity contribution < 1.29 is 14.3 Å². The van der Waals surface area contributed by atoms with E-state index < -0.39 is 12.1 Å². The summed E-state index contributed by atoms with van der Waals surface area (Å²) in [6.45, 7) is 3.90. The van der Waals surface area contributed by atoms with Crippen molar-refractivity contribution in [2.75, 3.05) is 32.8 Å². The van der Waals surface area contributed by atoms with E-state index in [4.69, 9.17) is 4.74 Å². The maximum absolute atomic E-state index is 13.1. The van der Waals surface area contributed by atoms with Crippen LogP contribution in [0.3, 0.4) is 0 Å². The van der Waals surface area contributed by atoms with Gasteiger partial charge in [-0.05, 0) is 44.3 Å². The molecule has 0 aliphatic carbocycles. The Morgan fingerprint density at radius 1 is 1.04 bits per heavy atom. The number of morpholine rings is 1. The summed E-state index contributed by atoms with van der Waals surface area (Å²) in [6, 6.07) is 9.81. The average Bonchev–Trinajstić information content (AvgIpc) is 3.23. The van der Waals surface area contributed by atoms with Crippen molar-refractivity contribution in [1.29, 1.82) is 0 Å². The van der Waals surface area contributed by atoms with Crippen LogP contribution in [-0.2, 0) is 14.3 Å². The molecule has 0 spiro atoms. The van der Waals surface area contributed by atoms with Gasteiger partial charge < -0.3 is 19.9 Å². The van der Waals surface area contributed by atoms with Gasteiger partial charge in [-0.3, -0.25) is 9.59 Å². The first-order valence-electron chi connectivity index (χ1n) is 9.71. The third-order valence-corrected chi connectivity index (χ3v) is 5.85. The molecule has 3 fully saturated rings. The quantitative estimate of drug-likeness (QED) is 0.887. The summed E-state index contributed by atoms with van der Waals surface area (Å²) in [5.41, 5.74) is 0.908. The minimum atomic E-state index is -0.640. The highest BCUT2D eigenvalue weighted by atomic mass is 16.5. The van der Waals surface area contributed by atoms with E-state index in [9.17, 15) is 9.59 Å². The van der Waals surface area contributed by atoms with Crippen LogP contribution in [0, 0.1) is 0 Å². The average molecular weight is 357 g/mol. The Bertz CT molecular complexity index is 637. The van der Waals surface area contributed by atoms with Crippen LogP contribution in [0.15, 0.2) is 30.3 Å². The molecule has 3 aliphatic heterocycles. The fourth-order valence-corrected chi connectivity index (χ4v) is 4.42. The number of amides is 2. The Balaban J connectivity index is 1.42. The van der Waals surface area contributed by atoms with Crippen LogP contribution < -0.4 is 5.32 Å². The molecule has 6 nitrogen and oxygen atoms in total. The van der Waals surface area contributed by atoms with Crippen molar-refractivity contribution in [1.82, 2.24) is 15.1 Å². The lowest BCUT2D eigenvalue weighted by Crippen LogP contribution is -2.55. The highest BCUT2D eigenvalue weighted by Gasteiger charge is 2.39. The fraction of sp³-hybridized carbons (Fsp3) is 0.600. The molecule has 4 rings (SSSR count). The van der Waals surface area contributed by atoms with Crippen molar-refractivity contribution in [2.24, 2.45) is 0 Å². The summed E-state index contributed by atoms with van der Waals surface area (Å²) in [7, 11) is 0. The number of ether oxygens (including phenoxy) is 1. The Hall–Kier alpha value is -1.92. The first-order valence-corrected chi connectivity index (χ1v) is 9.71. The standard InChI is InChI=1S/C20H27N3O3/c24-17-14-26-19(18(21-17)15-6-2-1-3-7-15)20(25)23-12-8-16(9-13-23)22-10-4-5-11-22/h1-3,6-7,16,18-19H,4-5,8-14H2,(H,21,24). The Morgan fingerprint density at radius 2 is 1.73 bits per heavy atom. The smallest absolute Gasteiger partial charge is 0.254 e. The van der Waals surface area contributed by atoms with E-state index in [1.807, 2.05) is 35.2 Å². The van der Waals surface area contributed by atoms with Crippen molar-refractivity contribution in [3.63, 3.8) is 0 Å². The summed E-state index contributed by atoms with van der Waals surface area (Å²) < 4.78 is 5.69. The number of benzene rings is 1. The van der Waals surface area contributed by atoms with Crippen molar-refractivity contribution >= 4 is 11.8 Å². The normalized spacial score (nSPS) is 28.2. The van der Waals surface area contributed by atoms with Gasteiger partial charge in [-0.2, -0.15) is 0 Å². The van der Waals surface area contributed by atoms with Crippen LogP contribution in [0.2, 0.25) is 0 Å². The number of carbonyl (C=O) groups excluding carboxylic acids is 2. The number of carbonyl (C=O) groups is 2. The Kier molecular flexibility index (Phi) is 5.22. The molecule has 0 radical (unpaired) electrons. The van der Waals surface area contributed by atoms with Gasteiger partial charge in [-0.25, -0.2) is 0 Å². The van der Waals surface area contributed by atoms with Crippen molar-refractivity contribution in [2.45, 2.75) is 43.9 Å². The number of nitrogens with zero attached hydrogens (tertiary/aromatic N) is 2. The molecule has 2 unspecified atom stereocenters. The number of likely N-dealkylation sites (tertiary alicyclic amines) is 2. The lowest BCUT2D eigenvalue weighted by molar-refractivity contribution is -0.156. The molecule has 0 saturated carbocycles. The van der Waals surface area contributed by atoms with Gasteiger partial charge in [0.25, 0.3) is 5.91 Å². The number of nitrogens with one attached hydrogen (secondary N) is 1. The van der Waals surface area contributed by atoms with Gasteiger partial charge in [-0.1, -0.05) is 30.3 Å². The van der Waals surface area contributed by atoms with Gasteiger partial charge in [0.05, 0.1) is 6.04 Å². The summed E-state index contributed by atoms with van der Waals surface area (Å²) in [6.07, 6.45) is 4.02. The highest BCUT2D eigenvalue weighted by molar-refractivity contribution is 5.86. The van der Waals surface area contributed by atoms with E-state index in [-0.39, 0.29) is 18.4 Å². The van der Waals surface area contributed by atoms with Gasteiger partial charge in [0, 0.05) is 19.1 Å². The molecule has 1 N–H and O–H groups in total. The molecule has 3 aliphatic rings. The summed E-state index contributed by atoms with van der Waals surface area (Å²) in [4.78, 5) is 29.4. The van der Waals surface area contributed by atoms with Crippen LogP contribution >= 0.6 is 0 Å². The zero-order valence-electron chi connectivity index (χ0n) is 15.1.